The smallest absolute Gasteiger partial charge is 0.307 e. The van der Waals surface area contributed by atoms with E-state index in [1.807, 2.05) is 91.0 Å². The van der Waals surface area contributed by atoms with E-state index in [9.17, 15) is 14.9 Å². The van der Waals surface area contributed by atoms with Crippen molar-refractivity contribution in [2.45, 2.75) is 0 Å². The molecule has 0 atom stereocenters. The molecule has 0 spiro atoms. The van der Waals surface area contributed by atoms with Gasteiger partial charge in [0.1, 0.15) is 5.58 Å². The van der Waals surface area contributed by atoms with E-state index in [1.165, 1.54) is 24.3 Å². The maximum atomic E-state index is 12.9. The van der Waals surface area contributed by atoms with Gasteiger partial charge >= 0.3 is 5.91 Å². The van der Waals surface area contributed by atoms with Crippen molar-refractivity contribution in [3.8, 4) is 28.2 Å². The summed E-state index contributed by atoms with van der Waals surface area (Å²) in [4.78, 5) is 23.4. The van der Waals surface area contributed by atoms with Gasteiger partial charge < -0.3 is 8.98 Å². The molecule has 6 rings (SSSR count). The minimum Gasteiger partial charge on any atom is -0.451 e. The number of carbonyl (C=O) groups is 1. The van der Waals surface area contributed by atoms with Crippen LogP contribution in [-0.4, -0.2) is 21.6 Å². The second-order valence-corrected chi connectivity index (χ2v) is 9.60. The highest BCUT2D eigenvalue weighted by atomic mass is 35.5. The third-order valence-electron chi connectivity index (χ3n) is 6.54. The van der Waals surface area contributed by atoms with Crippen LogP contribution >= 0.6 is 11.6 Å². The molecule has 0 aliphatic rings. The van der Waals surface area contributed by atoms with Gasteiger partial charge in [0.25, 0.3) is 5.69 Å². The van der Waals surface area contributed by atoms with Crippen molar-refractivity contribution in [3.05, 3.63) is 142 Å². The van der Waals surface area contributed by atoms with Gasteiger partial charge in [0, 0.05) is 33.8 Å². The molecule has 0 aliphatic carbocycles. The highest BCUT2D eigenvalue weighted by Crippen LogP contribution is 2.35. The van der Waals surface area contributed by atoms with Crippen LogP contribution in [0.5, 0.6) is 0 Å². The number of hydrogen-bond donors (Lipinski definition) is 1. The Morgan fingerprint density at radius 3 is 2.24 bits per heavy atom. The molecule has 4 aromatic carbocycles. The maximum Gasteiger partial charge on any atom is 0.307 e. The number of non-ortho nitro benzene ring substituents is 1. The van der Waals surface area contributed by atoms with Gasteiger partial charge in [-0.25, -0.2) is 5.43 Å². The third-order valence-corrected chi connectivity index (χ3v) is 6.79. The van der Waals surface area contributed by atoms with Crippen molar-refractivity contribution in [2.75, 3.05) is 0 Å². The predicted octanol–water partition coefficient (Wildman–Crippen LogP) is 7.88. The summed E-state index contributed by atoms with van der Waals surface area (Å²) < 4.78 is 7.72. The Hall–Kier alpha value is -5.47. The first-order valence-electron chi connectivity index (χ1n) is 12.6. The minimum absolute atomic E-state index is 0.00959. The lowest BCUT2D eigenvalue weighted by molar-refractivity contribution is -0.384. The van der Waals surface area contributed by atoms with Gasteiger partial charge in [-0.05, 0) is 53.6 Å². The second-order valence-electron chi connectivity index (χ2n) is 9.17. The SMILES string of the molecule is O=C(N/N=C\c1cc(-c2ccccc2)n(-c2ccc(Cl)cc2)c1-c1ccccc1)c1cc2cc([N+](=O)[O-])ccc2o1. The Labute approximate surface area is 239 Å². The molecule has 8 nitrogen and oxygen atoms in total. The summed E-state index contributed by atoms with van der Waals surface area (Å²) >= 11 is 6.21. The van der Waals surface area contributed by atoms with Gasteiger partial charge in [-0.2, -0.15) is 5.10 Å². The number of nitrogens with zero attached hydrogens (tertiary/aromatic N) is 3. The number of rotatable bonds is 7. The van der Waals surface area contributed by atoms with E-state index in [-0.39, 0.29) is 11.4 Å². The van der Waals surface area contributed by atoms with Gasteiger partial charge in [-0.1, -0.05) is 72.3 Å². The van der Waals surface area contributed by atoms with Gasteiger partial charge in [0.15, 0.2) is 5.76 Å². The molecule has 0 saturated carbocycles. The van der Waals surface area contributed by atoms with E-state index < -0.39 is 10.8 Å². The average Bonchev–Trinajstić information content (AvgIpc) is 3.60. The normalized spacial score (nSPS) is 11.2. The van der Waals surface area contributed by atoms with Crippen LogP contribution in [0.15, 0.2) is 125 Å². The van der Waals surface area contributed by atoms with Crippen molar-refractivity contribution >= 4 is 40.4 Å². The zero-order chi connectivity index (χ0) is 28.3. The number of nitro groups is 1. The largest absolute Gasteiger partial charge is 0.451 e. The molecular formula is C32H21ClN4O4. The summed E-state index contributed by atoms with van der Waals surface area (Å²) in [6.45, 7) is 0. The molecule has 0 saturated heterocycles. The predicted molar refractivity (Wildman–Crippen MR) is 160 cm³/mol. The van der Waals surface area contributed by atoms with E-state index in [4.69, 9.17) is 16.0 Å². The van der Waals surface area contributed by atoms with Crippen LogP contribution in [0.25, 0.3) is 39.2 Å². The summed E-state index contributed by atoms with van der Waals surface area (Å²) in [5, 5.41) is 16.4. The molecule has 2 heterocycles. The lowest BCUT2D eigenvalue weighted by Gasteiger charge is -2.15. The van der Waals surface area contributed by atoms with E-state index >= 15 is 0 Å². The summed E-state index contributed by atoms with van der Waals surface area (Å²) in [7, 11) is 0. The number of benzene rings is 4. The summed E-state index contributed by atoms with van der Waals surface area (Å²) in [6.07, 6.45) is 1.59. The molecule has 0 aliphatic heterocycles. The molecule has 0 unspecified atom stereocenters. The molecule has 41 heavy (non-hydrogen) atoms. The summed E-state index contributed by atoms with van der Waals surface area (Å²) in [5.74, 6) is -0.591. The van der Waals surface area contributed by atoms with Crippen molar-refractivity contribution < 1.29 is 14.1 Å². The van der Waals surface area contributed by atoms with Crippen molar-refractivity contribution in [3.63, 3.8) is 0 Å². The molecule has 9 heteroatoms. The number of hydrogen-bond acceptors (Lipinski definition) is 5. The number of nitro benzene ring substituents is 1. The van der Waals surface area contributed by atoms with Gasteiger partial charge in [0.05, 0.1) is 22.5 Å². The number of nitrogens with one attached hydrogen (secondary N) is 1. The topological polar surface area (TPSA) is 103 Å². The van der Waals surface area contributed by atoms with Crippen LogP contribution in [-0.2, 0) is 0 Å². The number of furan rings is 1. The third kappa shape index (κ3) is 5.24. The zero-order valence-corrected chi connectivity index (χ0v) is 22.2. The first kappa shape index (κ1) is 25.8. The van der Waals surface area contributed by atoms with Crippen LogP contribution in [0.2, 0.25) is 5.02 Å². The number of amides is 1. The Morgan fingerprint density at radius 2 is 1.56 bits per heavy atom. The van der Waals surface area contributed by atoms with E-state index in [1.54, 1.807) is 6.21 Å². The van der Waals surface area contributed by atoms with Crippen molar-refractivity contribution in [1.29, 1.82) is 0 Å². The van der Waals surface area contributed by atoms with Gasteiger partial charge in [-0.3, -0.25) is 14.9 Å². The molecular weight excluding hydrogens is 540 g/mol. The Morgan fingerprint density at radius 1 is 0.878 bits per heavy atom. The Bertz CT molecular complexity index is 1910. The van der Waals surface area contributed by atoms with E-state index in [2.05, 4.69) is 15.1 Å². The van der Waals surface area contributed by atoms with Crippen LogP contribution in [0.3, 0.4) is 0 Å². The number of hydrazone groups is 1. The highest BCUT2D eigenvalue weighted by Gasteiger charge is 2.19. The average molecular weight is 561 g/mol. The number of carbonyl (C=O) groups excluding carboxylic acids is 1. The molecule has 0 fully saturated rings. The number of aromatic nitrogens is 1. The lowest BCUT2D eigenvalue weighted by atomic mass is 10.1. The van der Waals surface area contributed by atoms with Gasteiger partial charge in [0.2, 0.25) is 0 Å². The van der Waals surface area contributed by atoms with E-state index in [0.717, 1.165) is 33.8 Å². The fourth-order valence-corrected chi connectivity index (χ4v) is 4.80. The standard InChI is InChI=1S/C32H21ClN4O4/c33-25-11-13-26(14-12-25)36-28(21-7-3-1-4-8-21)18-24(31(36)22-9-5-2-6-10-22)20-34-35-32(38)30-19-23-17-27(37(39)40)15-16-29(23)41-30/h1-20H,(H,35,38)/b34-20-. The molecule has 0 radical (unpaired) electrons. The zero-order valence-electron chi connectivity index (χ0n) is 21.4. The van der Waals surface area contributed by atoms with Crippen LogP contribution in [0, 0.1) is 10.1 Å². The van der Waals surface area contributed by atoms with Crippen LogP contribution < -0.4 is 5.43 Å². The van der Waals surface area contributed by atoms with Crippen LogP contribution in [0.1, 0.15) is 16.1 Å². The van der Waals surface area contributed by atoms with E-state index in [0.29, 0.717) is 16.0 Å². The number of halogens is 1. The molecule has 1 amide bonds. The first-order chi connectivity index (χ1) is 20.0. The highest BCUT2D eigenvalue weighted by molar-refractivity contribution is 6.30. The monoisotopic (exact) mass is 560 g/mol. The lowest BCUT2D eigenvalue weighted by Crippen LogP contribution is -2.16. The molecule has 6 aromatic rings. The molecule has 0 bridgehead atoms. The first-order valence-corrected chi connectivity index (χ1v) is 13.0. The quantitative estimate of drug-likeness (QED) is 0.122. The second kappa shape index (κ2) is 11.0. The molecule has 200 valence electrons. The van der Waals surface area contributed by atoms with Crippen molar-refractivity contribution in [1.82, 2.24) is 9.99 Å². The maximum absolute atomic E-state index is 12.9. The van der Waals surface area contributed by atoms with Gasteiger partial charge in [-0.15, -0.1) is 0 Å². The molecule has 1 N–H and O–H groups in total. The fourth-order valence-electron chi connectivity index (χ4n) is 4.67. The Balaban J connectivity index is 1.40. The van der Waals surface area contributed by atoms with Crippen molar-refractivity contribution in [2.24, 2.45) is 5.10 Å². The van der Waals surface area contributed by atoms with Crippen LogP contribution in [0.4, 0.5) is 5.69 Å². The minimum atomic E-state index is -0.582. The number of fused-ring (bicyclic) bond motifs is 1. The Kier molecular flexibility index (Phi) is 6.89. The fraction of sp³-hybridized carbons (Fsp3) is 0. The summed E-state index contributed by atoms with van der Waals surface area (Å²) in [6, 6.07) is 35.1. The summed E-state index contributed by atoms with van der Waals surface area (Å²) in [5.41, 5.74) is 8.23. The molecule has 2 aromatic heterocycles.